The average Bonchev–Trinajstić information content (AvgIpc) is 2.61. The van der Waals surface area contributed by atoms with Gasteiger partial charge in [-0.2, -0.15) is 0 Å². The van der Waals surface area contributed by atoms with Crippen LogP contribution in [-0.4, -0.2) is 58.3 Å². The van der Waals surface area contributed by atoms with Crippen LogP contribution in [-0.2, 0) is 16.4 Å². The Balaban J connectivity index is 0.00000392. The molecule has 8 heteroatoms. The zero-order chi connectivity index (χ0) is 20.0. The molecule has 2 rings (SSSR count). The Morgan fingerprint density at radius 2 is 1.93 bits per heavy atom. The van der Waals surface area contributed by atoms with Crippen molar-refractivity contribution in [2.45, 2.75) is 51.1 Å². The molecule has 1 fully saturated rings. The lowest BCUT2D eigenvalue weighted by molar-refractivity contribution is 0.147. The second kappa shape index (κ2) is 11.3. The number of hydrogen-bond acceptors (Lipinski definition) is 4. The van der Waals surface area contributed by atoms with Crippen molar-refractivity contribution in [3.63, 3.8) is 0 Å². The number of benzene rings is 1. The van der Waals surface area contributed by atoms with Gasteiger partial charge >= 0.3 is 0 Å². The lowest BCUT2D eigenvalue weighted by Gasteiger charge is -2.35. The number of nitrogens with zero attached hydrogens (tertiary/aromatic N) is 2. The molecule has 1 atom stereocenters. The predicted octanol–water partition coefficient (Wildman–Crippen LogP) is 2.80. The van der Waals surface area contributed by atoms with Crippen LogP contribution in [0.5, 0.6) is 0 Å². The van der Waals surface area contributed by atoms with Gasteiger partial charge < -0.3 is 10.6 Å². The maximum Gasteiger partial charge on any atom is 0.191 e. The van der Waals surface area contributed by atoms with Gasteiger partial charge in [-0.15, -0.1) is 24.0 Å². The summed E-state index contributed by atoms with van der Waals surface area (Å²) in [4.78, 5) is 7.21. The molecule has 1 aromatic carbocycles. The number of aryl methyl sites for hydroxylation is 1. The van der Waals surface area contributed by atoms with Gasteiger partial charge in [0.25, 0.3) is 0 Å². The number of sulfone groups is 1. The summed E-state index contributed by atoms with van der Waals surface area (Å²) in [5, 5.41) is 6.71. The van der Waals surface area contributed by atoms with Crippen LogP contribution in [0.25, 0.3) is 0 Å². The Hall–Kier alpha value is -0.870. The number of rotatable bonds is 6. The topological polar surface area (TPSA) is 73.8 Å². The molecule has 0 radical (unpaired) electrons. The van der Waals surface area contributed by atoms with E-state index in [0.717, 1.165) is 29.5 Å². The van der Waals surface area contributed by atoms with Crippen molar-refractivity contribution in [1.82, 2.24) is 15.5 Å². The molecule has 1 aliphatic heterocycles. The number of aliphatic imine (C=N–C) groups is 1. The van der Waals surface area contributed by atoms with Gasteiger partial charge in [-0.3, -0.25) is 9.89 Å². The van der Waals surface area contributed by atoms with Crippen molar-refractivity contribution in [3.8, 4) is 0 Å². The first kappa shape index (κ1) is 25.2. The SMILES string of the molecule is CN=C(NCc1ccc(S(C)(=O)=O)c(C)c1)NCC(C)N1CCC(C)CC1.I. The van der Waals surface area contributed by atoms with Crippen LogP contribution in [0.2, 0.25) is 0 Å². The summed E-state index contributed by atoms with van der Waals surface area (Å²) < 4.78 is 23.5. The van der Waals surface area contributed by atoms with Crippen molar-refractivity contribution < 1.29 is 8.42 Å². The third-order valence-corrected chi connectivity index (χ3v) is 6.59. The van der Waals surface area contributed by atoms with Gasteiger partial charge in [-0.1, -0.05) is 19.1 Å². The van der Waals surface area contributed by atoms with Crippen LogP contribution >= 0.6 is 24.0 Å². The fraction of sp³-hybridized carbons (Fsp3) is 0.650. The summed E-state index contributed by atoms with van der Waals surface area (Å²) in [6.45, 7) is 10.2. The van der Waals surface area contributed by atoms with Crippen molar-refractivity contribution in [1.29, 1.82) is 0 Å². The third-order valence-electron chi connectivity index (χ3n) is 5.33. The molecule has 2 N–H and O–H groups in total. The first-order valence-corrected chi connectivity index (χ1v) is 11.6. The maximum atomic E-state index is 11.7. The Kier molecular flexibility index (Phi) is 10.2. The molecule has 160 valence electrons. The molecule has 1 aliphatic rings. The summed E-state index contributed by atoms with van der Waals surface area (Å²) in [5.41, 5.74) is 1.80. The zero-order valence-corrected chi connectivity index (χ0v) is 20.8. The fourth-order valence-corrected chi connectivity index (χ4v) is 4.45. The Labute approximate surface area is 187 Å². The van der Waals surface area contributed by atoms with Crippen LogP contribution in [0, 0.1) is 12.8 Å². The van der Waals surface area contributed by atoms with E-state index < -0.39 is 9.84 Å². The van der Waals surface area contributed by atoms with E-state index in [1.165, 1.54) is 32.2 Å². The van der Waals surface area contributed by atoms with Gasteiger partial charge in [0.2, 0.25) is 0 Å². The van der Waals surface area contributed by atoms with Gasteiger partial charge in [0.15, 0.2) is 15.8 Å². The minimum absolute atomic E-state index is 0. The highest BCUT2D eigenvalue weighted by Crippen LogP contribution is 2.18. The molecule has 0 saturated carbocycles. The monoisotopic (exact) mass is 522 g/mol. The molecular formula is C20H35IN4O2S. The number of piperidine rings is 1. The number of likely N-dealkylation sites (tertiary alicyclic amines) is 1. The lowest BCUT2D eigenvalue weighted by atomic mass is 9.98. The number of nitrogens with one attached hydrogen (secondary N) is 2. The highest BCUT2D eigenvalue weighted by molar-refractivity contribution is 14.0. The first-order chi connectivity index (χ1) is 12.7. The molecule has 0 aliphatic carbocycles. The standard InChI is InChI=1S/C20H34N4O2S.HI/c1-15-8-10-24(11-9-15)17(3)13-22-20(21-4)23-14-18-6-7-19(16(2)12-18)27(5,25)26;/h6-7,12,15,17H,8-11,13-14H2,1-5H3,(H2,21,22,23);1H. The van der Waals surface area contributed by atoms with E-state index in [9.17, 15) is 8.42 Å². The Morgan fingerprint density at radius 3 is 2.46 bits per heavy atom. The first-order valence-electron chi connectivity index (χ1n) is 9.69. The summed E-state index contributed by atoms with van der Waals surface area (Å²) in [6, 6.07) is 5.90. The van der Waals surface area contributed by atoms with E-state index in [0.29, 0.717) is 17.5 Å². The van der Waals surface area contributed by atoms with E-state index in [1.54, 1.807) is 13.1 Å². The highest BCUT2D eigenvalue weighted by atomic mass is 127. The number of hydrogen-bond donors (Lipinski definition) is 2. The minimum Gasteiger partial charge on any atom is -0.355 e. The van der Waals surface area contributed by atoms with E-state index in [2.05, 4.69) is 34.4 Å². The van der Waals surface area contributed by atoms with Crippen LogP contribution in [0.3, 0.4) is 0 Å². The number of halogens is 1. The normalized spacial score (nSPS) is 17.7. The molecule has 1 aromatic rings. The van der Waals surface area contributed by atoms with Crippen LogP contribution < -0.4 is 10.6 Å². The summed E-state index contributed by atoms with van der Waals surface area (Å²) in [5.74, 6) is 1.60. The van der Waals surface area contributed by atoms with Gasteiger partial charge in [0, 0.05) is 32.4 Å². The predicted molar refractivity (Wildman–Crippen MR) is 127 cm³/mol. The lowest BCUT2D eigenvalue weighted by Crippen LogP contribution is -2.47. The average molecular weight is 522 g/mol. The van der Waals surface area contributed by atoms with Crippen LogP contribution in [0.1, 0.15) is 37.8 Å². The molecule has 1 unspecified atom stereocenters. The van der Waals surface area contributed by atoms with Crippen molar-refractivity contribution in [2.75, 3.05) is 32.9 Å². The quantitative estimate of drug-likeness (QED) is 0.342. The second-order valence-corrected chi connectivity index (χ2v) is 9.73. The summed E-state index contributed by atoms with van der Waals surface area (Å²) in [6.07, 6.45) is 3.80. The Morgan fingerprint density at radius 1 is 1.29 bits per heavy atom. The molecule has 0 aromatic heterocycles. The van der Waals surface area contributed by atoms with E-state index in [1.807, 2.05) is 19.1 Å². The van der Waals surface area contributed by atoms with Crippen LogP contribution in [0.4, 0.5) is 0 Å². The largest absolute Gasteiger partial charge is 0.355 e. The van der Waals surface area contributed by atoms with Gasteiger partial charge in [0.1, 0.15) is 0 Å². The minimum atomic E-state index is -3.18. The fourth-order valence-electron chi connectivity index (χ4n) is 3.49. The second-order valence-electron chi connectivity index (χ2n) is 7.75. The Bertz CT molecular complexity index is 759. The van der Waals surface area contributed by atoms with E-state index >= 15 is 0 Å². The maximum absolute atomic E-state index is 11.7. The molecular weight excluding hydrogens is 487 g/mol. The molecule has 1 heterocycles. The molecule has 28 heavy (non-hydrogen) atoms. The van der Waals surface area contributed by atoms with E-state index in [4.69, 9.17) is 0 Å². The van der Waals surface area contributed by atoms with Crippen molar-refractivity contribution >= 4 is 39.8 Å². The smallest absolute Gasteiger partial charge is 0.191 e. The van der Waals surface area contributed by atoms with Crippen LogP contribution in [0.15, 0.2) is 28.1 Å². The molecule has 0 amide bonds. The van der Waals surface area contributed by atoms with Gasteiger partial charge in [-0.05, 0) is 62.9 Å². The summed E-state index contributed by atoms with van der Waals surface area (Å²) in [7, 11) is -1.42. The van der Waals surface area contributed by atoms with Gasteiger partial charge in [0.05, 0.1) is 4.90 Å². The van der Waals surface area contributed by atoms with Gasteiger partial charge in [-0.25, -0.2) is 8.42 Å². The molecule has 6 nitrogen and oxygen atoms in total. The van der Waals surface area contributed by atoms with E-state index in [-0.39, 0.29) is 24.0 Å². The highest BCUT2D eigenvalue weighted by Gasteiger charge is 2.20. The zero-order valence-electron chi connectivity index (χ0n) is 17.7. The summed E-state index contributed by atoms with van der Waals surface area (Å²) >= 11 is 0. The van der Waals surface area contributed by atoms with Crippen molar-refractivity contribution in [3.05, 3.63) is 29.3 Å². The number of guanidine groups is 1. The molecule has 0 spiro atoms. The molecule has 0 bridgehead atoms. The molecule has 1 saturated heterocycles. The third kappa shape index (κ3) is 7.51. The van der Waals surface area contributed by atoms with Crippen molar-refractivity contribution in [2.24, 2.45) is 10.9 Å².